The highest BCUT2D eigenvalue weighted by atomic mass is 79.9. The molecule has 0 radical (unpaired) electrons. The molecule has 0 bridgehead atoms. The van der Waals surface area contributed by atoms with Gasteiger partial charge in [0.1, 0.15) is 6.54 Å². The van der Waals surface area contributed by atoms with Gasteiger partial charge in [-0.2, -0.15) is 0 Å². The van der Waals surface area contributed by atoms with Crippen LogP contribution in [0, 0.1) is 6.92 Å². The smallest absolute Gasteiger partial charge is 0.323 e. The molecule has 2 N–H and O–H groups in total. The number of aliphatic carboxylic acids is 1. The maximum absolute atomic E-state index is 11.7. The van der Waals surface area contributed by atoms with Crippen LogP contribution in [0.25, 0.3) is 0 Å². The van der Waals surface area contributed by atoms with E-state index >= 15 is 0 Å². The third-order valence-electron chi connectivity index (χ3n) is 2.21. The van der Waals surface area contributed by atoms with Crippen LogP contribution in [0.4, 0.5) is 10.5 Å². The predicted molar refractivity (Wildman–Crippen MR) is 73.2 cm³/mol. The lowest BCUT2D eigenvalue weighted by atomic mass is 10.2. The monoisotopic (exact) mass is 334 g/mol. The van der Waals surface area contributed by atoms with E-state index in [-0.39, 0.29) is 6.54 Å². The number of urea groups is 1. The Balaban J connectivity index is 2.82. The fraction of sp³-hybridized carbons (Fsp3) is 0.273. The molecule has 0 unspecified atom stereocenters. The van der Waals surface area contributed by atoms with E-state index in [2.05, 4.69) is 21.2 Å². The summed E-state index contributed by atoms with van der Waals surface area (Å²) in [4.78, 5) is 23.2. The first kappa shape index (κ1) is 14.8. The largest absolute Gasteiger partial charge is 0.480 e. The van der Waals surface area contributed by atoms with Crippen molar-refractivity contribution in [3.05, 3.63) is 27.2 Å². The normalized spacial score (nSPS) is 10.0. The second-order valence-electron chi connectivity index (χ2n) is 3.76. The summed E-state index contributed by atoms with van der Waals surface area (Å²) in [6.45, 7) is 1.47. The molecule has 0 aliphatic heterocycles. The summed E-state index contributed by atoms with van der Waals surface area (Å²) in [5.41, 5.74) is 1.37. The summed E-state index contributed by atoms with van der Waals surface area (Å²) in [6, 6.07) is 2.86. The standard InChI is InChI=1S/C11H12BrClN2O3/c1-6-3-7(12)9(4-8(6)13)14-11(18)15(2)5-10(16)17/h3-4H,5H2,1-2H3,(H,14,18)(H,16,17). The van der Waals surface area contributed by atoms with E-state index in [0.717, 1.165) is 10.5 Å². The Labute approximate surface area is 118 Å². The van der Waals surface area contributed by atoms with Crippen molar-refractivity contribution in [1.82, 2.24) is 4.90 Å². The molecule has 0 saturated carbocycles. The van der Waals surface area contributed by atoms with Crippen molar-refractivity contribution >= 4 is 45.2 Å². The van der Waals surface area contributed by atoms with Crippen LogP contribution in [0.3, 0.4) is 0 Å². The van der Waals surface area contributed by atoms with Gasteiger partial charge >= 0.3 is 12.0 Å². The van der Waals surface area contributed by atoms with Crippen molar-refractivity contribution in [2.45, 2.75) is 6.92 Å². The number of rotatable bonds is 3. The highest BCUT2D eigenvalue weighted by Crippen LogP contribution is 2.29. The van der Waals surface area contributed by atoms with Gasteiger partial charge in [-0.15, -0.1) is 0 Å². The molecule has 1 rings (SSSR count). The van der Waals surface area contributed by atoms with Crippen LogP contribution in [-0.4, -0.2) is 35.6 Å². The van der Waals surface area contributed by atoms with Crippen LogP contribution in [-0.2, 0) is 4.79 Å². The van der Waals surface area contributed by atoms with E-state index in [1.807, 2.05) is 6.92 Å². The predicted octanol–water partition coefficient (Wildman–Crippen LogP) is 2.96. The lowest BCUT2D eigenvalue weighted by Crippen LogP contribution is -2.35. The number of carboxylic acid groups (broad SMARTS) is 1. The number of carboxylic acids is 1. The first-order valence-electron chi connectivity index (χ1n) is 5.01. The Morgan fingerprint density at radius 2 is 2.11 bits per heavy atom. The zero-order valence-electron chi connectivity index (χ0n) is 9.83. The molecule has 18 heavy (non-hydrogen) atoms. The van der Waals surface area contributed by atoms with E-state index in [1.165, 1.54) is 7.05 Å². The molecule has 7 heteroatoms. The average molecular weight is 336 g/mol. The van der Waals surface area contributed by atoms with Gasteiger partial charge in [0.25, 0.3) is 0 Å². The van der Waals surface area contributed by atoms with Gasteiger partial charge in [-0.05, 0) is 40.5 Å². The minimum atomic E-state index is -1.08. The molecule has 0 atom stereocenters. The molecule has 98 valence electrons. The molecule has 5 nitrogen and oxygen atoms in total. The minimum absolute atomic E-state index is 0.372. The third kappa shape index (κ3) is 3.89. The number of likely N-dealkylation sites (N-methyl/N-ethyl adjacent to an activating group) is 1. The molecule has 0 aliphatic rings. The summed E-state index contributed by atoms with van der Waals surface area (Å²) in [5, 5.41) is 11.7. The Hall–Kier alpha value is -1.27. The summed E-state index contributed by atoms with van der Waals surface area (Å²) >= 11 is 9.25. The fourth-order valence-electron chi connectivity index (χ4n) is 1.23. The Bertz CT molecular complexity index is 493. The molecule has 0 aliphatic carbocycles. The number of hydrogen-bond acceptors (Lipinski definition) is 2. The van der Waals surface area contributed by atoms with Gasteiger partial charge in [-0.3, -0.25) is 4.79 Å². The summed E-state index contributed by atoms with van der Waals surface area (Å²) < 4.78 is 0.682. The number of aryl methyl sites for hydroxylation is 1. The number of hydrogen-bond donors (Lipinski definition) is 2. The number of carbonyl (C=O) groups is 2. The van der Waals surface area contributed by atoms with Crippen molar-refractivity contribution in [2.75, 3.05) is 18.9 Å². The molecule has 2 amide bonds. The van der Waals surface area contributed by atoms with Crippen LogP contribution in [0.15, 0.2) is 16.6 Å². The van der Waals surface area contributed by atoms with Crippen molar-refractivity contribution in [3.63, 3.8) is 0 Å². The van der Waals surface area contributed by atoms with E-state index in [1.54, 1.807) is 12.1 Å². The molecule has 0 saturated heterocycles. The van der Waals surface area contributed by atoms with Gasteiger partial charge in [0, 0.05) is 16.5 Å². The van der Waals surface area contributed by atoms with Gasteiger partial charge in [0.2, 0.25) is 0 Å². The van der Waals surface area contributed by atoms with Gasteiger partial charge in [0.15, 0.2) is 0 Å². The lowest BCUT2D eigenvalue weighted by Gasteiger charge is -2.16. The zero-order valence-corrected chi connectivity index (χ0v) is 12.2. The minimum Gasteiger partial charge on any atom is -0.480 e. The molecule has 1 aromatic rings. The molecule has 1 aromatic carbocycles. The van der Waals surface area contributed by atoms with Crippen LogP contribution < -0.4 is 5.32 Å². The summed E-state index contributed by atoms with van der Waals surface area (Å²) in [7, 11) is 1.40. The van der Waals surface area contributed by atoms with Crippen molar-refractivity contribution in [1.29, 1.82) is 0 Å². The highest BCUT2D eigenvalue weighted by molar-refractivity contribution is 9.10. The maximum Gasteiger partial charge on any atom is 0.323 e. The number of benzene rings is 1. The van der Waals surface area contributed by atoms with Crippen molar-refractivity contribution < 1.29 is 14.7 Å². The summed E-state index contributed by atoms with van der Waals surface area (Å²) in [6.07, 6.45) is 0. The first-order chi connectivity index (χ1) is 8.31. The molecular weight excluding hydrogens is 323 g/mol. The van der Waals surface area contributed by atoms with Crippen LogP contribution in [0.1, 0.15) is 5.56 Å². The molecule has 0 aromatic heterocycles. The number of halogens is 2. The molecular formula is C11H12BrClN2O3. The zero-order chi connectivity index (χ0) is 13.9. The SMILES string of the molecule is Cc1cc(Br)c(NC(=O)N(C)CC(=O)O)cc1Cl. The third-order valence-corrected chi connectivity index (χ3v) is 3.27. The fourth-order valence-corrected chi connectivity index (χ4v) is 1.95. The van der Waals surface area contributed by atoms with Gasteiger partial charge < -0.3 is 15.3 Å². The van der Waals surface area contributed by atoms with Gasteiger partial charge in [-0.1, -0.05) is 11.6 Å². The summed E-state index contributed by atoms with van der Waals surface area (Å²) in [5.74, 6) is -1.08. The van der Waals surface area contributed by atoms with E-state index in [0.29, 0.717) is 15.2 Å². The first-order valence-corrected chi connectivity index (χ1v) is 6.18. The second kappa shape index (κ2) is 6.06. The number of nitrogens with one attached hydrogen (secondary N) is 1. The van der Waals surface area contributed by atoms with Crippen molar-refractivity contribution in [3.8, 4) is 0 Å². The lowest BCUT2D eigenvalue weighted by molar-refractivity contribution is -0.137. The quantitative estimate of drug-likeness (QED) is 0.892. The van der Waals surface area contributed by atoms with Crippen molar-refractivity contribution in [2.24, 2.45) is 0 Å². The van der Waals surface area contributed by atoms with Gasteiger partial charge in [0.05, 0.1) is 5.69 Å². The maximum atomic E-state index is 11.7. The topological polar surface area (TPSA) is 69.6 Å². The highest BCUT2D eigenvalue weighted by Gasteiger charge is 2.14. The number of anilines is 1. The Morgan fingerprint density at radius 3 is 2.67 bits per heavy atom. The van der Waals surface area contributed by atoms with Crippen LogP contribution in [0.2, 0.25) is 5.02 Å². The average Bonchev–Trinajstić information content (AvgIpc) is 2.24. The molecule has 0 spiro atoms. The number of amides is 2. The Morgan fingerprint density at radius 1 is 1.50 bits per heavy atom. The van der Waals surface area contributed by atoms with E-state index in [9.17, 15) is 9.59 Å². The molecule has 0 fully saturated rings. The Kier molecular flexibility index (Phi) is 4.98. The van der Waals surface area contributed by atoms with Crippen LogP contribution in [0.5, 0.6) is 0 Å². The number of nitrogens with zero attached hydrogens (tertiary/aromatic N) is 1. The van der Waals surface area contributed by atoms with Crippen LogP contribution >= 0.6 is 27.5 Å². The second-order valence-corrected chi connectivity index (χ2v) is 5.02. The van der Waals surface area contributed by atoms with E-state index < -0.39 is 12.0 Å². The molecule has 0 heterocycles. The van der Waals surface area contributed by atoms with Gasteiger partial charge in [-0.25, -0.2) is 4.79 Å². The number of carbonyl (C=O) groups excluding carboxylic acids is 1. The van der Waals surface area contributed by atoms with E-state index in [4.69, 9.17) is 16.7 Å².